The maximum Gasteiger partial charge on any atom is 0.225 e. The van der Waals surface area contributed by atoms with Gasteiger partial charge >= 0.3 is 0 Å². The van der Waals surface area contributed by atoms with E-state index in [-0.39, 0.29) is 6.04 Å². The maximum absolute atomic E-state index is 5.37. The number of hydrogen-bond donors (Lipinski definition) is 2. The van der Waals surface area contributed by atoms with E-state index in [9.17, 15) is 0 Å². The van der Waals surface area contributed by atoms with Crippen LogP contribution in [0.4, 0.5) is 11.8 Å². The van der Waals surface area contributed by atoms with Crippen molar-refractivity contribution in [2.45, 2.75) is 26.3 Å². The van der Waals surface area contributed by atoms with E-state index in [4.69, 9.17) is 9.47 Å². The first-order chi connectivity index (χ1) is 14.1. The van der Waals surface area contributed by atoms with Crippen molar-refractivity contribution in [2.75, 3.05) is 31.4 Å². The summed E-state index contributed by atoms with van der Waals surface area (Å²) in [5.74, 6) is 2.90. The number of nitrogens with zero attached hydrogens (tertiary/aromatic N) is 2. The van der Waals surface area contributed by atoms with Crippen LogP contribution in [0.5, 0.6) is 11.5 Å². The Labute approximate surface area is 172 Å². The summed E-state index contributed by atoms with van der Waals surface area (Å²) in [7, 11) is 3.29. The molecule has 0 spiro atoms. The molecule has 3 rings (SSSR count). The number of nitrogens with one attached hydrogen (secondary N) is 2. The van der Waals surface area contributed by atoms with Crippen molar-refractivity contribution in [3.63, 3.8) is 0 Å². The summed E-state index contributed by atoms with van der Waals surface area (Å²) in [4.78, 5) is 9.13. The topological polar surface area (TPSA) is 68.3 Å². The number of aromatic nitrogens is 2. The fourth-order valence-corrected chi connectivity index (χ4v) is 3.11. The molecule has 0 aliphatic carbocycles. The van der Waals surface area contributed by atoms with E-state index in [1.165, 1.54) is 5.56 Å². The highest BCUT2D eigenvalue weighted by molar-refractivity contribution is 5.45. The van der Waals surface area contributed by atoms with Crippen molar-refractivity contribution < 1.29 is 9.47 Å². The number of aryl methyl sites for hydroxylation is 1. The first kappa shape index (κ1) is 20.5. The van der Waals surface area contributed by atoms with Gasteiger partial charge in [0.2, 0.25) is 5.95 Å². The molecule has 1 heterocycles. The molecule has 0 aliphatic heterocycles. The van der Waals surface area contributed by atoms with E-state index in [1.807, 2.05) is 49.4 Å². The van der Waals surface area contributed by atoms with E-state index in [0.29, 0.717) is 5.95 Å². The molecule has 6 nitrogen and oxygen atoms in total. The summed E-state index contributed by atoms with van der Waals surface area (Å²) < 4.78 is 10.7. The van der Waals surface area contributed by atoms with Crippen LogP contribution in [0.15, 0.2) is 54.6 Å². The second-order valence-electron chi connectivity index (χ2n) is 6.86. The van der Waals surface area contributed by atoms with Crippen LogP contribution in [0.2, 0.25) is 0 Å². The van der Waals surface area contributed by atoms with E-state index in [0.717, 1.165) is 41.5 Å². The predicted octanol–water partition coefficient (Wildman–Crippen LogP) is 4.63. The lowest BCUT2D eigenvalue weighted by Crippen LogP contribution is -2.12. The SMILES string of the molecule is COc1ccc(CCNc2cc(C)nc(NC(C)c3ccccc3)n2)cc1OC. The third kappa shape index (κ3) is 5.60. The van der Waals surface area contributed by atoms with Gasteiger partial charge < -0.3 is 20.1 Å². The minimum Gasteiger partial charge on any atom is -0.493 e. The van der Waals surface area contributed by atoms with Gasteiger partial charge in [-0.3, -0.25) is 0 Å². The molecule has 2 aromatic carbocycles. The zero-order chi connectivity index (χ0) is 20.6. The number of anilines is 2. The second kappa shape index (κ2) is 9.78. The molecule has 29 heavy (non-hydrogen) atoms. The molecular weight excluding hydrogens is 364 g/mol. The Morgan fingerprint density at radius 3 is 2.41 bits per heavy atom. The summed E-state index contributed by atoms with van der Waals surface area (Å²) in [6.45, 7) is 4.82. The highest BCUT2D eigenvalue weighted by Gasteiger charge is 2.09. The molecule has 2 N–H and O–H groups in total. The molecule has 3 aromatic rings. The smallest absolute Gasteiger partial charge is 0.225 e. The summed E-state index contributed by atoms with van der Waals surface area (Å²) in [5.41, 5.74) is 3.27. The number of rotatable bonds is 9. The van der Waals surface area contributed by atoms with Gasteiger partial charge in [-0.05, 0) is 43.5 Å². The Kier molecular flexibility index (Phi) is 6.89. The lowest BCUT2D eigenvalue weighted by atomic mass is 10.1. The van der Waals surface area contributed by atoms with Crippen LogP contribution in [0, 0.1) is 6.92 Å². The molecule has 0 aliphatic rings. The molecule has 1 aromatic heterocycles. The Balaban J connectivity index is 1.61. The molecule has 6 heteroatoms. The number of benzene rings is 2. The first-order valence-electron chi connectivity index (χ1n) is 9.71. The average molecular weight is 393 g/mol. The highest BCUT2D eigenvalue weighted by Crippen LogP contribution is 2.27. The Bertz CT molecular complexity index is 931. The van der Waals surface area contributed by atoms with Crippen molar-refractivity contribution in [2.24, 2.45) is 0 Å². The van der Waals surface area contributed by atoms with Crippen molar-refractivity contribution in [3.05, 3.63) is 71.4 Å². The Morgan fingerprint density at radius 2 is 1.69 bits per heavy atom. The van der Waals surface area contributed by atoms with Crippen molar-refractivity contribution in [3.8, 4) is 11.5 Å². The van der Waals surface area contributed by atoms with Crippen molar-refractivity contribution >= 4 is 11.8 Å². The summed E-state index contributed by atoms with van der Waals surface area (Å²) >= 11 is 0. The van der Waals surface area contributed by atoms with Crippen LogP contribution in [-0.2, 0) is 6.42 Å². The molecule has 0 bridgehead atoms. The van der Waals surface area contributed by atoms with Gasteiger partial charge in [0.05, 0.1) is 20.3 Å². The monoisotopic (exact) mass is 392 g/mol. The summed E-state index contributed by atoms with van der Waals surface area (Å²) in [6, 6.07) is 18.3. The average Bonchev–Trinajstić information content (AvgIpc) is 2.73. The number of methoxy groups -OCH3 is 2. The molecule has 0 fully saturated rings. The van der Waals surface area contributed by atoms with E-state index >= 15 is 0 Å². The molecule has 0 saturated carbocycles. The first-order valence-corrected chi connectivity index (χ1v) is 9.71. The predicted molar refractivity (Wildman–Crippen MR) is 117 cm³/mol. The van der Waals surface area contributed by atoms with Gasteiger partial charge in [0.1, 0.15) is 5.82 Å². The van der Waals surface area contributed by atoms with Gasteiger partial charge in [0, 0.05) is 18.3 Å². The van der Waals surface area contributed by atoms with Gasteiger partial charge in [-0.1, -0.05) is 36.4 Å². The Hall–Kier alpha value is -3.28. The van der Waals surface area contributed by atoms with Crippen LogP contribution in [0.25, 0.3) is 0 Å². The summed E-state index contributed by atoms with van der Waals surface area (Å²) in [5, 5.41) is 6.77. The fourth-order valence-electron chi connectivity index (χ4n) is 3.11. The fraction of sp³-hybridized carbons (Fsp3) is 0.304. The highest BCUT2D eigenvalue weighted by atomic mass is 16.5. The van der Waals surface area contributed by atoms with Crippen LogP contribution < -0.4 is 20.1 Å². The molecule has 1 atom stereocenters. The molecule has 0 amide bonds. The minimum absolute atomic E-state index is 0.123. The third-order valence-corrected chi connectivity index (χ3v) is 4.67. The molecule has 152 valence electrons. The largest absolute Gasteiger partial charge is 0.493 e. The molecule has 0 radical (unpaired) electrons. The van der Waals surface area contributed by atoms with Crippen molar-refractivity contribution in [1.29, 1.82) is 0 Å². The lowest BCUT2D eigenvalue weighted by Gasteiger charge is -2.16. The van der Waals surface area contributed by atoms with E-state index in [2.05, 4.69) is 39.7 Å². The van der Waals surface area contributed by atoms with Gasteiger partial charge in [-0.2, -0.15) is 4.98 Å². The molecule has 0 saturated heterocycles. The van der Waals surface area contributed by atoms with Crippen LogP contribution in [0.3, 0.4) is 0 Å². The normalized spacial score (nSPS) is 11.6. The lowest BCUT2D eigenvalue weighted by molar-refractivity contribution is 0.354. The quantitative estimate of drug-likeness (QED) is 0.553. The van der Waals surface area contributed by atoms with Gasteiger partial charge in [0.25, 0.3) is 0 Å². The zero-order valence-electron chi connectivity index (χ0n) is 17.4. The van der Waals surface area contributed by atoms with Crippen LogP contribution in [0.1, 0.15) is 29.8 Å². The standard InChI is InChI=1S/C23H28N4O2/c1-16-14-22(24-13-12-18-10-11-20(28-3)21(15-18)29-4)27-23(25-16)26-17(2)19-8-6-5-7-9-19/h5-11,14-15,17H,12-13H2,1-4H3,(H2,24,25,26,27). The Morgan fingerprint density at radius 1 is 0.931 bits per heavy atom. The van der Waals surface area contributed by atoms with Gasteiger partial charge in [-0.15, -0.1) is 0 Å². The van der Waals surface area contributed by atoms with Gasteiger partial charge in [-0.25, -0.2) is 4.98 Å². The number of hydrogen-bond acceptors (Lipinski definition) is 6. The van der Waals surface area contributed by atoms with Crippen LogP contribution >= 0.6 is 0 Å². The van der Waals surface area contributed by atoms with Gasteiger partial charge in [0.15, 0.2) is 11.5 Å². The van der Waals surface area contributed by atoms with E-state index < -0.39 is 0 Å². The minimum atomic E-state index is 0.123. The second-order valence-corrected chi connectivity index (χ2v) is 6.86. The molecular formula is C23H28N4O2. The van der Waals surface area contributed by atoms with Crippen molar-refractivity contribution in [1.82, 2.24) is 9.97 Å². The zero-order valence-corrected chi connectivity index (χ0v) is 17.4. The van der Waals surface area contributed by atoms with Crippen LogP contribution in [-0.4, -0.2) is 30.7 Å². The molecule has 1 unspecified atom stereocenters. The third-order valence-electron chi connectivity index (χ3n) is 4.67. The summed E-state index contributed by atoms with van der Waals surface area (Å²) in [6.07, 6.45) is 0.840. The number of ether oxygens (including phenoxy) is 2. The van der Waals surface area contributed by atoms with E-state index in [1.54, 1.807) is 14.2 Å². The maximum atomic E-state index is 5.37.